The molecule has 0 aliphatic carbocycles. The van der Waals surface area contributed by atoms with Crippen molar-refractivity contribution in [2.45, 2.75) is 26.8 Å². The Bertz CT molecular complexity index is 821. The predicted molar refractivity (Wildman–Crippen MR) is 117 cm³/mol. The topological polar surface area (TPSA) is 70.2 Å². The number of anilines is 1. The normalized spacial score (nSPS) is 16.5. The van der Waals surface area contributed by atoms with E-state index in [0.717, 1.165) is 0 Å². The number of urea groups is 1. The molecule has 6 heteroatoms. The highest BCUT2D eigenvalue weighted by molar-refractivity contribution is 6.30. The lowest BCUT2D eigenvalue weighted by atomic mass is 9.93. The Morgan fingerprint density at radius 3 is 2.39 bits per heavy atom. The second kappa shape index (κ2) is 11.6. The van der Waals surface area contributed by atoms with Crippen molar-refractivity contribution in [1.29, 1.82) is 0 Å². The lowest BCUT2D eigenvalue weighted by molar-refractivity contribution is -0.113. The average molecular weight is 400 g/mol. The third-order valence-electron chi connectivity index (χ3n) is 3.68. The van der Waals surface area contributed by atoms with Crippen molar-refractivity contribution in [1.82, 2.24) is 10.6 Å². The molecule has 1 aliphatic rings. The molecule has 0 spiro atoms. The van der Waals surface area contributed by atoms with Gasteiger partial charge in [0.25, 0.3) is 5.91 Å². The molecule has 1 aromatic rings. The van der Waals surface area contributed by atoms with Gasteiger partial charge in [-0.05, 0) is 36.8 Å². The highest BCUT2D eigenvalue weighted by Gasteiger charge is 2.31. The molecule has 148 valence electrons. The van der Waals surface area contributed by atoms with Crippen LogP contribution in [0.25, 0.3) is 0 Å². The minimum atomic E-state index is -0.620. The Morgan fingerprint density at radius 1 is 1.18 bits per heavy atom. The van der Waals surface area contributed by atoms with Gasteiger partial charge in [-0.2, -0.15) is 0 Å². The fourth-order valence-electron chi connectivity index (χ4n) is 2.54. The van der Waals surface area contributed by atoms with Crippen LogP contribution < -0.4 is 16.0 Å². The van der Waals surface area contributed by atoms with Crippen LogP contribution in [0.5, 0.6) is 0 Å². The van der Waals surface area contributed by atoms with Gasteiger partial charge in [0.05, 0.1) is 11.6 Å². The van der Waals surface area contributed by atoms with Crippen LogP contribution in [0.15, 0.2) is 84.6 Å². The summed E-state index contributed by atoms with van der Waals surface area (Å²) in [4.78, 5) is 24.8. The van der Waals surface area contributed by atoms with Gasteiger partial charge in [0.1, 0.15) is 0 Å². The molecule has 1 aromatic carbocycles. The maximum Gasteiger partial charge on any atom is 0.319 e. The van der Waals surface area contributed by atoms with Crippen LogP contribution in [0.2, 0.25) is 5.02 Å². The molecule has 3 amide bonds. The minimum absolute atomic E-state index is 0.329. The highest BCUT2D eigenvalue weighted by Crippen LogP contribution is 2.22. The first-order valence-electron chi connectivity index (χ1n) is 8.93. The van der Waals surface area contributed by atoms with Gasteiger partial charge in [0.2, 0.25) is 0 Å². The number of carbonyl (C=O) groups is 2. The van der Waals surface area contributed by atoms with Crippen molar-refractivity contribution in [2.24, 2.45) is 0 Å². The third-order valence-corrected chi connectivity index (χ3v) is 3.94. The maximum absolute atomic E-state index is 12.9. The molecular formula is C22H26ClN3O2. The second-order valence-corrected chi connectivity index (χ2v) is 5.96. The van der Waals surface area contributed by atoms with Gasteiger partial charge in [0, 0.05) is 16.4 Å². The summed E-state index contributed by atoms with van der Waals surface area (Å²) in [5.41, 5.74) is 2.19. The lowest BCUT2D eigenvalue weighted by Gasteiger charge is -2.29. The van der Waals surface area contributed by atoms with Gasteiger partial charge in [0.15, 0.2) is 0 Å². The first kappa shape index (κ1) is 23.0. The molecule has 1 atom stereocenters. The summed E-state index contributed by atoms with van der Waals surface area (Å²) in [5.74, 6) is -0.329. The molecule has 0 aromatic heterocycles. The summed E-state index contributed by atoms with van der Waals surface area (Å²) in [7, 11) is 0. The van der Waals surface area contributed by atoms with Gasteiger partial charge < -0.3 is 16.0 Å². The van der Waals surface area contributed by atoms with E-state index in [1.54, 1.807) is 61.6 Å². The summed E-state index contributed by atoms with van der Waals surface area (Å²) in [6.45, 7) is 13.0. The molecule has 0 saturated heterocycles. The first-order chi connectivity index (χ1) is 13.5. The van der Waals surface area contributed by atoms with E-state index in [9.17, 15) is 9.59 Å². The van der Waals surface area contributed by atoms with Gasteiger partial charge in [-0.3, -0.25) is 4.79 Å². The number of allylic oxidation sites excluding steroid dienone is 5. The zero-order valence-corrected chi connectivity index (χ0v) is 17.1. The van der Waals surface area contributed by atoms with Gasteiger partial charge in [-0.15, -0.1) is 0 Å². The lowest BCUT2D eigenvalue weighted by Crippen LogP contribution is -2.51. The Labute approximate surface area is 171 Å². The van der Waals surface area contributed by atoms with Crippen molar-refractivity contribution in [3.05, 3.63) is 89.7 Å². The number of hydrogen-bond acceptors (Lipinski definition) is 2. The summed E-state index contributed by atoms with van der Waals surface area (Å²) < 4.78 is 0. The van der Waals surface area contributed by atoms with Crippen LogP contribution >= 0.6 is 11.6 Å². The molecule has 1 heterocycles. The number of nitrogens with one attached hydrogen (secondary N) is 3. The van der Waals surface area contributed by atoms with Crippen LogP contribution in [0, 0.1) is 0 Å². The molecule has 5 nitrogen and oxygen atoms in total. The molecule has 1 unspecified atom stereocenters. The van der Waals surface area contributed by atoms with Crippen LogP contribution in [-0.2, 0) is 4.79 Å². The van der Waals surface area contributed by atoms with Crippen molar-refractivity contribution in [2.75, 3.05) is 5.32 Å². The second-order valence-electron chi connectivity index (χ2n) is 5.53. The van der Waals surface area contributed by atoms with E-state index in [1.165, 1.54) is 0 Å². The molecule has 0 saturated carbocycles. The number of carbonyl (C=O) groups excluding carboxylic acids is 2. The Balaban J connectivity index is 0.00000190. The van der Waals surface area contributed by atoms with Crippen molar-refractivity contribution in [3.8, 4) is 0 Å². The van der Waals surface area contributed by atoms with Crippen molar-refractivity contribution >= 4 is 29.2 Å². The number of halogens is 1. The maximum atomic E-state index is 12.9. The molecule has 0 bridgehead atoms. The number of hydrogen-bond donors (Lipinski definition) is 3. The molecule has 3 N–H and O–H groups in total. The van der Waals surface area contributed by atoms with Crippen LogP contribution in [0.3, 0.4) is 0 Å². The van der Waals surface area contributed by atoms with Crippen molar-refractivity contribution < 1.29 is 9.59 Å². The SMILES string of the molecule is C=C/C=C\C(=C/C=C)C1NC(=O)NC(C)=C1C(=O)Nc1ccc(Cl)cc1.CC. The molecule has 2 rings (SSSR count). The van der Waals surface area contributed by atoms with Crippen LogP contribution in [-0.4, -0.2) is 18.0 Å². The van der Waals surface area contributed by atoms with E-state index in [2.05, 4.69) is 29.1 Å². The Morgan fingerprint density at radius 2 is 1.82 bits per heavy atom. The monoisotopic (exact) mass is 399 g/mol. The van der Waals surface area contributed by atoms with Crippen LogP contribution in [0.4, 0.5) is 10.5 Å². The average Bonchev–Trinajstić information content (AvgIpc) is 2.67. The predicted octanol–water partition coefficient (Wildman–Crippen LogP) is 5.11. The third kappa shape index (κ3) is 6.28. The van der Waals surface area contributed by atoms with E-state index in [-0.39, 0.29) is 11.9 Å². The zero-order chi connectivity index (χ0) is 21.1. The van der Waals surface area contributed by atoms with Gasteiger partial charge in [-0.25, -0.2) is 4.79 Å². The molecule has 28 heavy (non-hydrogen) atoms. The quantitative estimate of drug-likeness (QED) is 0.581. The molecular weight excluding hydrogens is 374 g/mol. The van der Waals surface area contributed by atoms with Gasteiger partial charge >= 0.3 is 6.03 Å². The largest absolute Gasteiger partial charge is 0.327 e. The minimum Gasteiger partial charge on any atom is -0.327 e. The van der Waals surface area contributed by atoms with Crippen LogP contribution in [0.1, 0.15) is 20.8 Å². The van der Waals surface area contributed by atoms with E-state index in [1.807, 2.05) is 13.8 Å². The summed E-state index contributed by atoms with van der Waals surface area (Å²) in [6.07, 6.45) is 8.45. The first-order valence-corrected chi connectivity index (χ1v) is 9.31. The fraction of sp³-hybridized carbons (Fsp3) is 0.182. The number of amides is 3. The van der Waals surface area contributed by atoms with E-state index >= 15 is 0 Å². The van der Waals surface area contributed by atoms with Gasteiger partial charge in [-0.1, -0.05) is 69.0 Å². The molecule has 0 fully saturated rings. The van der Waals surface area contributed by atoms with E-state index < -0.39 is 6.04 Å². The Kier molecular flexibility index (Phi) is 9.54. The van der Waals surface area contributed by atoms with Crippen molar-refractivity contribution in [3.63, 3.8) is 0 Å². The van der Waals surface area contributed by atoms with E-state index in [4.69, 9.17) is 11.6 Å². The number of benzene rings is 1. The number of rotatable bonds is 6. The zero-order valence-electron chi connectivity index (χ0n) is 16.4. The molecule has 1 aliphatic heterocycles. The standard InChI is InChI=1S/C20H20ClN3O2.C2H6/c1-4-6-8-14(7-5-2)18-17(13(3)22-20(26)24-18)19(25)23-16-11-9-15(21)10-12-16;1-2/h4-12,18H,1-2H2,3H3,(H,23,25)(H2,22,24,26);1-2H3/b8-6-,14-7+;. The summed E-state index contributed by atoms with van der Waals surface area (Å²) in [5, 5.41) is 8.81. The smallest absolute Gasteiger partial charge is 0.319 e. The summed E-state index contributed by atoms with van der Waals surface area (Å²) >= 11 is 5.87. The molecule has 0 radical (unpaired) electrons. The Hall–Kier alpha value is -3.05. The fourth-order valence-corrected chi connectivity index (χ4v) is 2.67. The highest BCUT2D eigenvalue weighted by atomic mass is 35.5. The van der Waals surface area contributed by atoms with E-state index in [0.29, 0.717) is 27.6 Å². The summed E-state index contributed by atoms with van der Waals surface area (Å²) in [6, 6.07) is 5.79.